The normalized spacial score (nSPS) is 24.0. The molecule has 0 spiro atoms. The van der Waals surface area contributed by atoms with Gasteiger partial charge in [0.2, 0.25) is 0 Å². The third-order valence-electron chi connectivity index (χ3n) is 2.70. The standard InChI is InChI=1S/C11H19N3S/c1-9-6-14(5-3-4-12-9)7-11-13-10(2)8-15-11/h8-9,12H,3-7H2,1-2H3. The summed E-state index contributed by atoms with van der Waals surface area (Å²) < 4.78 is 0. The van der Waals surface area contributed by atoms with Gasteiger partial charge in [-0.3, -0.25) is 4.90 Å². The van der Waals surface area contributed by atoms with Crippen molar-refractivity contribution in [1.82, 2.24) is 15.2 Å². The van der Waals surface area contributed by atoms with E-state index in [1.807, 2.05) is 0 Å². The molecule has 0 bridgehead atoms. The molecule has 2 rings (SSSR count). The van der Waals surface area contributed by atoms with Gasteiger partial charge in [-0.2, -0.15) is 0 Å². The van der Waals surface area contributed by atoms with E-state index in [-0.39, 0.29) is 0 Å². The summed E-state index contributed by atoms with van der Waals surface area (Å²) in [5.74, 6) is 0. The molecular formula is C11H19N3S. The van der Waals surface area contributed by atoms with Gasteiger partial charge in [0.15, 0.2) is 0 Å². The lowest BCUT2D eigenvalue weighted by atomic mass is 10.3. The van der Waals surface area contributed by atoms with E-state index in [0.717, 1.165) is 25.3 Å². The van der Waals surface area contributed by atoms with Crippen molar-refractivity contribution in [3.63, 3.8) is 0 Å². The molecule has 1 saturated heterocycles. The molecule has 15 heavy (non-hydrogen) atoms. The van der Waals surface area contributed by atoms with Gasteiger partial charge < -0.3 is 5.32 Å². The zero-order chi connectivity index (χ0) is 10.7. The fraction of sp³-hybridized carbons (Fsp3) is 0.727. The number of hydrogen-bond acceptors (Lipinski definition) is 4. The van der Waals surface area contributed by atoms with Crippen LogP contribution in [0.25, 0.3) is 0 Å². The summed E-state index contributed by atoms with van der Waals surface area (Å²) in [6, 6.07) is 0.605. The van der Waals surface area contributed by atoms with Gasteiger partial charge in [-0.1, -0.05) is 0 Å². The van der Waals surface area contributed by atoms with Crippen molar-refractivity contribution in [2.24, 2.45) is 0 Å². The summed E-state index contributed by atoms with van der Waals surface area (Å²) in [5, 5.41) is 6.89. The molecule has 2 heterocycles. The maximum atomic E-state index is 4.52. The second-order valence-corrected chi connectivity index (χ2v) is 5.27. The first-order chi connectivity index (χ1) is 7.24. The highest BCUT2D eigenvalue weighted by molar-refractivity contribution is 7.09. The smallest absolute Gasteiger partial charge is 0.107 e. The number of aromatic nitrogens is 1. The number of rotatable bonds is 2. The monoisotopic (exact) mass is 225 g/mol. The minimum atomic E-state index is 0.605. The second kappa shape index (κ2) is 5.05. The molecule has 1 aromatic rings. The molecule has 4 heteroatoms. The molecule has 0 radical (unpaired) electrons. The van der Waals surface area contributed by atoms with E-state index in [9.17, 15) is 0 Å². The van der Waals surface area contributed by atoms with Crippen LogP contribution < -0.4 is 5.32 Å². The molecule has 1 aliphatic rings. The number of thiazole rings is 1. The van der Waals surface area contributed by atoms with Crippen molar-refractivity contribution in [3.05, 3.63) is 16.1 Å². The summed E-state index contributed by atoms with van der Waals surface area (Å²) >= 11 is 1.78. The Morgan fingerprint density at radius 3 is 3.27 bits per heavy atom. The van der Waals surface area contributed by atoms with Gasteiger partial charge in [-0.25, -0.2) is 4.98 Å². The Morgan fingerprint density at radius 2 is 2.53 bits per heavy atom. The molecule has 84 valence electrons. The van der Waals surface area contributed by atoms with Crippen LogP contribution in [0.4, 0.5) is 0 Å². The maximum Gasteiger partial charge on any atom is 0.107 e. The molecule has 0 aliphatic carbocycles. The summed E-state index contributed by atoms with van der Waals surface area (Å²) in [6.45, 7) is 8.81. The van der Waals surface area contributed by atoms with Crippen LogP contribution in [0.2, 0.25) is 0 Å². The Kier molecular flexibility index (Phi) is 3.72. The van der Waals surface area contributed by atoms with Crippen LogP contribution in [0.3, 0.4) is 0 Å². The summed E-state index contributed by atoms with van der Waals surface area (Å²) in [6.07, 6.45) is 1.24. The summed E-state index contributed by atoms with van der Waals surface area (Å²) in [5.41, 5.74) is 1.15. The quantitative estimate of drug-likeness (QED) is 0.829. The fourth-order valence-corrected chi connectivity index (χ4v) is 2.82. The Bertz CT molecular complexity index is 311. The van der Waals surface area contributed by atoms with Crippen LogP contribution in [-0.2, 0) is 6.54 Å². The van der Waals surface area contributed by atoms with Gasteiger partial charge in [0.05, 0.1) is 6.54 Å². The molecule has 0 saturated carbocycles. The lowest BCUT2D eigenvalue weighted by molar-refractivity contribution is 0.264. The van der Waals surface area contributed by atoms with Gasteiger partial charge in [-0.05, 0) is 33.4 Å². The molecule has 0 amide bonds. The van der Waals surface area contributed by atoms with Crippen molar-refractivity contribution in [2.45, 2.75) is 32.9 Å². The molecule has 1 N–H and O–H groups in total. The molecular weight excluding hydrogens is 206 g/mol. The first-order valence-corrected chi connectivity index (χ1v) is 6.49. The van der Waals surface area contributed by atoms with Crippen LogP contribution >= 0.6 is 11.3 Å². The Labute approximate surface area is 95.5 Å². The summed E-state index contributed by atoms with van der Waals surface area (Å²) in [4.78, 5) is 7.02. The fourth-order valence-electron chi connectivity index (χ4n) is 2.00. The van der Waals surface area contributed by atoms with E-state index < -0.39 is 0 Å². The number of nitrogens with one attached hydrogen (secondary N) is 1. The first kappa shape index (κ1) is 11.0. The highest BCUT2D eigenvalue weighted by atomic mass is 32.1. The second-order valence-electron chi connectivity index (χ2n) is 4.33. The number of aryl methyl sites for hydroxylation is 1. The van der Waals surface area contributed by atoms with E-state index in [0.29, 0.717) is 6.04 Å². The van der Waals surface area contributed by atoms with Gasteiger partial charge in [0, 0.05) is 23.7 Å². The molecule has 1 aromatic heterocycles. The molecule has 1 aliphatic heterocycles. The van der Waals surface area contributed by atoms with Crippen molar-refractivity contribution >= 4 is 11.3 Å². The number of nitrogens with zero attached hydrogens (tertiary/aromatic N) is 2. The van der Waals surface area contributed by atoms with E-state index in [1.54, 1.807) is 11.3 Å². The van der Waals surface area contributed by atoms with E-state index >= 15 is 0 Å². The van der Waals surface area contributed by atoms with Crippen molar-refractivity contribution in [1.29, 1.82) is 0 Å². The molecule has 3 nitrogen and oxygen atoms in total. The first-order valence-electron chi connectivity index (χ1n) is 5.61. The maximum absolute atomic E-state index is 4.52. The molecule has 0 aromatic carbocycles. The third kappa shape index (κ3) is 3.26. The van der Waals surface area contributed by atoms with E-state index in [4.69, 9.17) is 0 Å². The topological polar surface area (TPSA) is 28.2 Å². The van der Waals surface area contributed by atoms with E-state index in [2.05, 4.69) is 34.4 Å². The average Bonchev–Trinajstić information content (AvgIpc) is 2.46. The molecule has 1 unspecified atom stereocenters. The molecule has 1 atom stereocenters. The minimum Gasteiger partial charge on any atom is -0.313 e. The van der Waals surface area contributed by atoms with Crippen molar-refractivity contribution in [2.75, 3.05) is 19.6 Å². The zero-order valence-electron chi connectivity index (χ0n) is 9.49. The van der Waals surface area contributed by atoms with Crippen LogP contribution in [0.15, 0.2) is 5.38 Å². The SMILES string of the molecule is Cc1csc(CN2CCCNC(C)C2)n1. The molecule has 1 fully saturated rings. The van der Waals surface area contributed by atoms with Crippen LogP contribution in [0.1, 0.15) is 24.0 Å². The predicted molar refractivity (Wildman–Crippen MR) is 64.2 cm³/mol. The van der Waals surface area contributed by atoms with E-state index in [1.165, 1.54) is 18.0 Å². The van der Waals surface area contributed by atoms with Crippen molar-refractivity contribution < 1.29 is 0 Å². The van der Waals surface area contributed by atoms with Gasteiger partial charge in [-0.15, -0.1) is 11.3 Å². The highest BCUT2D eigenvalue weighted by Crippen LogP contribution is 2.13. The lowest BCUT2D eigenvalue weighted by Crippen LogP contribution is -2.34. The van der Waals surface area contributed by atoms with Gasteiger partial charge >= 0.3 is 0 Å². The summed E-state index contributed by atoms with van der Waals surface area (Å²) in [7, 11) is 0. The Hall–Kier alpha value is -0.450. The van der Waals surface area contributed by atoms with Crippen molar-refractivity contribution in [3.8, 4) is 0 Å². The zero-order valence-corrected chi connectivity index (χ0v) is 10.3. The van der Waals surface area contributed by atoms with Gasteiger partial charge in [0.25, 0.3) is 0 Å². The highest BCUT2D eigenvalue weighted by Gasteiger charge is 2.14. The largest absolute Gasteiger partial charge is 0.313 e. The predicted octanol–water partition coefficient (Wildman–Crippen LogP) is 1.64. The minimum absolute atomic E-state index is 0.605. The van der Waals surface area contributed by atoms with Crippen LogP contribution in [0.5, 0.6) is 0 Å². The average molecular weight is 225 g/mol. The lowest BCUT2D eigenvalue weighted by Gasteiger charge is -2.20. The number of hydrogen-bond donors (Lipinski definition) is 1. The van der Waals surface area contributed by atoms with Gasteiger partial charge in [0.1, 0.15) is 5.01 Å². The van der Waals surface area contributed by atoms with Crippen LogP contribution in [-0.4, -0.2) is 35.6 Å². The van der Waals surface area contributed by atoms with Crippen LogP contribution in [0, 0.1) is 6.92 Å². The third-order valence-corrected chi connectivity index (χ3v) is 3.65. The Morgan fingerprint density at radius 1 is 1.67 bits per heavy atom. The Balaban J connectivity index is 1.92.